The molecule has 0 saturated heterocycles. The molecule has 0 atom stereocenters. The molecule has 0 bridgehead atoms. The number of carboxylic acid groups (broad SMARTS) is 1. The van der Waals surface area contributed by atoms with Crippen LogP contribution in [0.15, 0.2) is 6.33 Å². The fourth-order valence-electron chi connectivity index (χ4n) is 1.87. The normalized spacial score (nSPS) is 10.8. The van der Waals surface area contributed by atoms with Gasteiger partial charge < -0.3 is 9.84 Å². The zero-order valence-corrected chi connectivity index (χ0v) is 11.8. The summed E-state index contributed by atoms with van der Waals surface area (Å²) in [4.78, 5) is 20.3. The van der Waals surface area contributed by atoms with Crippen LogP contribution < -0.4 is 4.74 Å². The highest BCUT2D eigenvalue weighted by molar-refractivity contribution is 7.20. The van der Waals surface area contributed by atoms with E-state index in [0.29, 0.717) is 27.8 Å². The summed E-state index contributed by atoms with van der Waals surface area (Å²) < 4.78 is 5.66. The second-order valence-corrected chi connectivity index (χ2v) is 5.27. The first-order valence-electron chi connectivity index (χ1n) is 6.25. The highest BCUT2D eigenvalue weighted by Gasteiger charge is 2.19. The quantitative estimate of drug-likeness (QED) is 0.822. The highest BCUT2D eigenvalue weighted by Crippen LogP contribution is 2.34. The molecule has 2 aromatic heterocycles. The molecule has 0 fully saturated rings. The Hall–Kier alpha value is -1.69. The Balaban J connectivity index is 2.31. The molecule has 0 saturated carbocycles. The molecule has 2 aromatic rings. The van der Waals surface area contributed by atoms with Gasteiger partial charge in [-0.2, -0.15) is 0 Å². The fourth-order valence-corrected chi connectivity index (χ4v) is 2.85. The van der Waals surface area contributed by atoms with E-state index >= 15 is 0 Å². The molecule has 0 amide bonds. The van der Waals surface area contributed by atoms with Gasteiger partial charge in [0, 0.05) is 0 Å². The molecule has 0 aromatic carbocycles. The van der Waals surface area contributed by atoms with Gasteiger partial charge in [0.2, 0.25) is 5.88 Å². The maximum absolute atomic E-state index is 11.1. The van der Waals surface area contributed by atoms with Crippen molar-refractivity contribution in [1.29, 1.82) is 0 Å². The van der Waals surface area contributed by atoms with Crippen LogP contribution in [0.3, 0.4) is 0 Å². The maximum Gasteiger partial charge on any atom is 0.346 e. The maximum atomic E-state index is 11.1. The molecule has 102 valence electrons. The van der Waals surface area contributed by atoms with Crippen molar-refractivity contribution in [2.45, 2.75) is 33.1 Å². The lowest BCUT2D eigenvalue weighted by Crippen LogP contribution is -2.00. The molecular weight excluding hydrogens is 264 g/mol. The van der Waals surface area contributed by atoms with Crippen molar-refractivity contribution in [3.8, 4) is 5.88 Å². The average Bonchev–Trinajstić information content (AvgIpc) is 2.73. The van der Waals surface area contributed by atoms with Crippen molar-refractivity contribution in [3.63, 3.8) is 0 Å². The fraction of sp³-hybridized carbons (Fsp3) is 0.462. The summed E-state index contributed by atoms with van der Waals surface area (Å²) in [6.07, 6.45) is 4.62. The van der Waals surface area contributed by atoms with Crippen molar-refractivity contribution in [3.05, 3.63) is 16.8 Å². The van der Waals surface area contributed by atoms with Crippen LogP contribution in [0.25, 0.3) is 10.2 Å². The number of unbranched alkanes of at least 4 members (excludes halogenated alkanes) is 2. The molecule has 0 radical (unpaired) electrons. The first-order valence-corrected chi connectivity index (χ1v) is 7.07. The molecule has 19 heavy (non-hydrogen) atoms. The summed E-state index contributed by atoms with van der Waals surface area (Å²) in [6, 6.07) is 0. The number of fused-ring (bicyclic) bond motifs is 1. The Morgan fingerprint density at radius 1 is 1.42 bits per heavy atom. The summed E-state index contributed by atoms with van der Waals surface area (Å²) in [5.74, 6) is -0.445. The Morgan fingerprint density at radius 2 is 2.21 bits per heavy atom. The standard InChI is InChI=1S/C13H16N2O3S/c1-3-4-5-6-18-11-9-8(2)10(13(16)17)19-12(9)15-7-14-11/h7H,3-6H2,1-2H3,(H,16,17). The van der Waals surface area contributed by atoms with Gasteiger partial charge in [-0.3, -0.25) is 0 Å². The van der Waals surface area contributed by atoms with E-state index in [-0.39, 0.29) is 0 Å². The molecule has 0 aliphatic rings. The van der Waals surface area contributed by atoms with Crippen LogP contribution in [0.4, 0.5) is 0 Å². The minimum absolute atomic E-state index is 0.300. The molecule has 0 unspecified atom stereocenters. The SMILES string of the molecule is CCCCCOc1ncnc2sc(C(=O)O)c(C)c12. The van der Waals surface area contributed by atoms with Crippen LogP contribution in [-0.4, -0.2) is 27.7 Å². The summed E-state index contributed by atoms with van der Waals surface area (Å²) in [5, 5.41) is 9.85. The van der Waals surface area contributed by atoms with Crippen LogP contribution in [-0.2, 0) is 0 Å². The van der Waals surface area contributed by atoms with Crippen molar-refractivity contribution in [2.75, 3.05) is 6.61 Å². The van der Waals surface area contributed by atoms with E-state index < -0.39 is 5.97 Å². The van der Waals surface area contributed by atoms with Crippen molar-refractivity contribution < 1.29 is 14.6 Å². The second-order valence-electron chi connectivity index (χ2n) is 4.28. The molecular formula is C13H16N2O3S. The minimum Gasteiger partial charge on any atom is -0.477 e. The molecule has 2 rings (SSSR count). The number of aryl methyl sites for hydroxylation is 1. The number of nitrogens with zero attached hydrogens (tertiary/aromatic N) is 2. The van der Waals surface area contributed by atoms with Gasteiger partial charge in [0.05, 0.1) is 12.0 Å². The van der Waals surface area contributed by atoms with Crippen molar-refractivity contribution >= 4 is 27.5 Å². The highest BCUT2D eigenvalue weighted by atomic mass is 32.1. The molecule has 1 N–H and O–H groups in total. The Kier molecular flexibility index (Phi) is 4.31. The Morgan fingerprint density at radius 3 is 2.89 bits per heavy atom. The van der Waals surface area contributed by atoms with Crippen molar-refractivity contribution in [2.24, 2.45) is 0 Å². The largest absolute Gasteiger partial charge is 0.477 e. The molecule has 0 aliphatic heterocycles. The van der Waals surface area contributed by atoms with Gasteiger partial charge in [0.25, 0.3) is 0 Å². The van der Waals surface area contributed by atoms with Crippen LogP contribution >= 0.6 is 11.3 Å². The number of thiophene rings is 1. The molecule has 2 heterocycles. The lowest BCUT2D eigenvalue weighted by molar-refractivity contribution is 0.0701. The second kappa shape index (κ2) is 5.97. The number of carbonyl (C=O) groups is 1. The predicted molar refractivity (Wildman–Crippen MR) is 74.1 cm³/mol. The summed E-state index contributed by atoms with van der Waals surface area (Å²) >= 11 is 1.16. The molecule has 6 heteroatoms. The van der Waals surface area contributed by atoms with Gasteiger partial charge in [-0.15, -0.1) is 11.3 Å². The smallest absolute Gasteiger partial charge is 0.346 e. The zero-order chi connectivity index (χ0) is 13.8. The minimum atomic E-state index is -0.933. The van der Waals surface area contributed by atoms with Crippen LogP contribution in [0.1, 0.15) is 41.4 Å². The van der Waals surface area contributed by atoms with Gasteiger partial charge in [0.15, 0.2) is 0 Å². The zero-order valence-electron chi connectivity index (χ0n) is 11.0. The van der Waals surface area contributed by atoms with Gasteiger partial charge in [0.1, 0.15) is 16.0 Å². The van der Waals surface area contributed by atoms with E-state index in [4.69, 9.17) is 9.84 Å². The third-order valence-electron chi connectivity index (χ3n) is 2.87. The number of carboxylic acids is 1. The van der Waals surface area contributed by atoms with Crippen LogP contribution in [0.2, 0.25) is 0 Å². The van der Waals surface area contributed by atoms with E-state index in [1.807, 2.05) is 0 Å². The molecule has 0 spiro atoms. The van der Waals surface area contributed by atoms with E-state index in [0.717, 1.165) is 36.0 Å². The molecule has 0 aliphatic carbocycles. The predicted octanol–water partition coefficient (Wildman–Crippen LogP) is 3.27. The lowest BCUT2D eigenvalue weighted by atomic mass is 10.2. The number of aromatic carboxylic acids is 1. The summed E-state index contributed by atoms with van der Waals surface area (Å²) in [6.45, 7) is 4.49. The molecule has 5 nitrogen and oxygen atoms in total. The van der Waals surface area contributed by atoms with E-state index in [9.17, 15) is 4.79 Å². The number of hydrogen-bond acceptors (Lipinski definition) is 5. The summed E-state index contributed by atoms with van der Waals surface area (Å²) in [7, 11) is 0. The number of aromatic nitrogens is 2. The van der Waals surface area contributed by atoms with Crippen LogP contribution in [0, 0.1) is 6.92 Å². The number of rotatable bonds is 6. The average molecular weight is 280 g/mol. The Labute approximate surface area is 115 Å². The van der Waals surface area contributed by atoms with Gasteiger partial charge in [-0.25, -0.2) is 14.8 Å². The number of ether oxygens (including phenoxy) is 1. The lowest BCUT2D eigenvalue weighted by Gasteiger charge is -2.05. The summed E-state index contributed by atoms with van der Waals surface area (Å²) in [5.41, 5.74) is 0.679. The van der Waals surface area contributed by atoms with Gasteiger partial charge in [-0.1, -0.05) is 19.8 Å². The van der Waals surface area contributed by atoms with E-state index in [2.05, 4.69) is 16.9 Å². The topological polar surface area (TPSA) is 72.3 Å². The number of hydrogen-bond donors (Lipinski definition) is 1. The van der Waals surface area contributed by atoms with E-state index in [1.165, 1.54) is 6.33 Å². The van der Waals surface area contributed by atoms with Crippen LogP contribution in [0.5, 0.6) is 5.88 Å². The Bertz CT molecular complexity index is 595. The first-order chi connectivity index (χ1) is 9.15. The van der Waals surface area contributed by atoms with Gasteiger partial charge >= 0.3 is 5.97 Å². The van der Waals surface area contributed by atoms with E-state index in [1.54, 1.807) is 6.92 Å². The third-order valence-corrected chi connectivity index (χ3v) is 4.06. The monoisotopic (exact) mass is 280 g/mol. The first kappa shape index (κ1) is 13.7. The third kappa shape index (κ3) is 2.84. The van der Waals surface area contributed by atoms with Gasteiger partial charge in [-0.05, 0) is 18.9 Å². The van der Waals surface area contributed by atoms with Crippen molar-refractivity contribution in [1.82, 2.24) is 9.97 Å².